The van der Waals surface area contributed by atoms with Crippen molar-refractivity contribution in [1.29, 1.82) is 0 Å². The van der Waals surface area contributed by atoms with Crippen LogP contribution in [0.5, 0.6) is 5.88 Å². The average molecular weight is 852 g/mol. The molecule has 16 heteroatoms. The number of carbonyl (C=O) groups excluding carboxylic acids is 4. The van der Waals surface area contributed by atoms with Crippen LogP contribution in [0.3, 0.4) is 0 Å². The first-order chi connectivity index (χ1) is 27.8. The molecule has 16 nitrogen and oxygen atoms in total. The summed E-state index contributed by atoms with van der Waals surface area (Å²) in [4.78, 5) is 66.2. The molecule has 344 valence electrons. The molecule has 2 rings (SSSR count). The van der Waals surface area contributed by atoms with Crippen LogP contribution in [0.4, 0.5) is 0 Å². The number of aromatic nitrogens is 1. The van der Waals surface area contributed by atoms with Gasteiger partial charge in [-0.3, -0.25) is 38.8 Å². The van der Waals surface area contributed by atoms with Crippen LogP contribution in [0.2, 0.25) is 0 Å². The van der Waals surface area contributed by atoms with Crippen LogP contribution in [-0.4, -0.2) is 182 Å². The molecule has 0 radical (unpaired) electrons. The second kappa shape index (κ2) is 24.9. The van der Waals surface area contributed by atoms with E-state index in [-0.39, 0.29) is 44.0 Å². The maximum Gasteiger partial charge on any atom is 0.324 e. The van der Waals surface area contributed by atoms with Crippen LogP contribution < -0.4 is 4.74 Å². The largest absolute Gasteiger partial charge is 0.475 e. The van der Waals surface area contributed by atoms with Gasteiger partial charge in [0.2, 0.25) is 5.88 Å². The highest BCUT2D eigenvalue weighted by atomic mass is 16.6. The van der Waals surface area contributed by atoms with Gasteiger partial charge in [-0.2, -0.15) is 0 Å². The third-order valence-corrected chi connectivity index (χ3v) is 8.59. The van der Waals surface area contributed by atoms with E-state index in [2.05, 4.69) is 9.88 Å². The first-order valence-electron chi connectivity index (χ1n) is 21.3. The topological polar surface area (TPSA) is 159 Å². The second-order valence-electron chi connectivity index (χ2n) is 19.0. The lowest BCUT2D eigenvalue weighted by Gasteiger charge is -2.37. The Kier molecular flexibility index (Phi) is 21.9. The molecule has 0 saturated carbocycles. The van der Waals surface area contributed by atoms with E-state index < -0.39 is 34.4 Å². The van der Waals surface area contributed by atoms with Gasteiger partial charge >= 0.3 is 23.9 Å². The van der Waals surface area contributed by atoms with Crippen LogP contribution in [-0.2, 0) is 54.0 Å². The van der Waals surface area contributed by atoms with Gasteiger partial charge in [-0.25, -0.2) is 4.98 Å². The molecule has 0 aromatic carbocycles. The summed E-state index contributed by atoms with van der Waals surface area (Å²) in [5, 5.41) is 0. The Balaban J connectivity index is 2.47. The molecule has 0 N–H and O–H groups in total. The van der Waals surface area contributed by atoms with Gasteiger partial charge in [0.1, 0.15) is 35.1 Å². The highest BCUT2D eigenvalue weighted by molar-refractivity contribution is 5.77. The van der Waals surface area contributed by atoms with E-state index in [0.29, 0.717) is 91.3 Å². The van der Waals surface area contributed by atoms with Crippen molar-refractivity contribution in [2.24, 2.45) is 0 Å². The monoisotopic (exact) mass is 852 g/mol. The number of pyridine rings is 1. The lowest BCUT2D eigenvalue weighted by molar-refractivity contribution is -0.163. The number of hydrogen-bond donors (Lipinski definition) is 0. The quantitative estimate of drug-likeness (QED) is 0.118. The summed E-state index contributed by atoms with van der Waals surface area (Å²) in [6, 6.07) is 2.91. The van der Waals surface area contributed by atoms with Crippen LogP contribution in [0.1, 0.15) is 95.6 Å². The van der Waals surface area contributed by atoms with E-state index in [1.54, 1.807) is 12.3 Å². The van der Waals surface area contributed by atoms with E-state index in [1.165, 1.54) is 0 Å². The summed E-state index contributed by atoms with van der Waals surface area (Å²) in [5.41, 5.74) is -1.97. The highest BCUT2D eigenvalue weighted by Crippen LogP contribution is 2.19. The Morgan fingerprint density at radius 3 is 1.35 bits per heavy atom. The number of carbonyl (C=O) groups is 4. The standard InChI is InChI=1S/C44H77N5O11/c1-14-54-25-26-55-27-28-56-36-16-15-34(30-45-36)29-35(40(53)60-44(11,12)13)49-23-21-47(32-38(51)58-42(5,6)7)19-17-46(31-37(50)57-41(2,3)4)18-20-48(22-24-49)33-39(52)59-43(8,9)10/h15-16,30,35H,14,17-29,31-33H2,1-13H3/t35-/m1/s1. The Hall–Kier alpha value is -3.41. The van der Waals surface area contributed by atoms with Crippen LogP contribution >= 0.6 is 0 Å². The normalized spacial score (nSPS) is 16.9. The van der Waals surface area contributed by atoms with Crippen molar-refractivity contribution in [2.75, 3.05) is 105 Å². The van der Waals surface area contributed by atoms with Crippen molar-refractivity contribution < 1.29 is 52.3 Å². The van der Waals surface area contributed by atoms with Crippen molar-refractivity contribution in [3.8, 4) is 5.88 Å². The average Bonchev–Trinajstić information content (AvgIpc) is 3.07. The molecule has 1 aromatic rings. The van der Waals surface area contributed by atoms with E-state index in [0.717, 1.165) is 5.56 Å². The molecule has 2 heterocycles. The minimum Gasteiger partial charge on any atom is -0.475 e. The molecule has 1 fully saturated rings. The van der Waals surface area contributed by atoms with Gasteiger partial charge in [-0.15, -0.1) is 0 Å². The third kappa shape index (κ3) is 24.7. The van der Waals surface area contributed by atoms with Gasteiger partial charge in [0, 0.05) is 77.6 Å². The summed E-state index contributed by atoms with van der Waals surface area (Å²) in [6.45, 7) is 29.5. The van der Waals surface area contributed by atoms with Crippen LogP contribution in [0, 0.1) is 0 Å². The molecule has 0 amide bonds. The number of ether oxygens (including phenoxy) is 7. The van der Waals surface area contributed by atoms with Gasteiger partial charge in [-0.1, -0.05) is 6.07 Å². The number of hydrogen-bond acceptors (Lipinski definition) is 16. The van der Waals surface area contributed by atoms with Crippen molar-refractivity contribution in [3.05, 3.63) is 23.9 Å². The Bertz CT molecular complexity index is 1400. The molecule has 0 bridgehead atoms. The molecule has 0 unspecified atom stereocenters. The maximum atomic E-state index is 14.2. The van der Waals surface area contributed by atoms with Crippen molar-refractivity contribution in [1.82, 2.24) is 24.6 Å². The molecule has 1 aromatic heterocycles. The summed E-state index contributed by atoms with van der Waals surface area (Å²) in [6.07, 6.45) is 1.98. The predicted molar refractivity (Wildman–Crippen MR) is 229 cm³/mol. The fraction of sp³-hybridized carbons (Fsp3) is 0.795. The fourth-order valence-corrected chi connectivity index (χ4v) is 6.15. The first-order valence-corrected chi connectivity index (χ1v) is 21.3. The molecule has 1 aliphatic heterocycles. The minimum atomic E-state index is -0.758. The molecular weight excluding hydrogens is 775 g/mol. The van der Waals surface area contributed by atoms with E-state index in [4.69, 9.17) is 33.2 Å². The number of esters is 4. The SMILES string of the molecule is CCOCCOCCOc1ccc(C[C@H](C(=O)OC(C)(C)C)N2CCN(CC(=O)OC(C)(C)C)CCN(CC(=O)OC(C)(C)C)CCN(CC(=O)OC(C)(C)C)CC2)cn1. The molecular formula is C44H77N5O11. The van der Waals surface area contributed by atoms with Gasteiger partial charge in [0.25, 0.3) is 0 Å². The molecule has 1 atom stereocenters. The zero-order chi connectivity index (χ0) is 45.1. The number of rotatable bonds is 18. The van der Waals surface area contributed by atoms with Crippen LogP contribution in [0.15, 0.2) is 18.3 Å². The number of nitrogens with zero attached hydrogens (tertiary/aromatic N) is 5. The summed E-state index contributed by atoms with van der Waals surface area (Å²) < 4.78 is 39.7. The Labute approximate surface area is 359 Å². The predicted octanol–water partition coefficient (Wildman–Crippen LogP) is 4.01. The van der Waals surface area contributed by atoms with E-state index in [1.807, 2.05) is 111 Å². The lowest BCUT2D eigenvalue weighted by Crippen LogP contribution is -2.53. The molecule has 1 aliphatic rings. The lowest BCUT2D eigenvalue weighted by atomic mass is 10.0. The zero-order valence-corrected chi connectivity index (χ0v) is 39.1. The third-order valence-electron chi connectivity index (χ3n) is 8.59. The van der Waals surface area contributed by atoms with E-state index in [9.17, 15) is 19.2 Å². The van der Waals surface area contributed by atoms with Crippen molar-refractivity contribution >= 4 is 23.9 Å². The zero-order valence-electron chi connectivity index (χ0n) is 39.1. The minimum absolute atomic E-state index is 0.0101. The Morgan fingerprint density at radius 1 is 0.567 bits per heavy atom. The maximum absolute atomic E-state index is 14.2. The van der Waals surface area contributed by atoms with Gasteiger partial charge in [-0.05, 0) is 95.6 Å². The Morgan fingerprint density at radius 2 is 0.967 bits per heavy atom. The van der Waals surface area contributed by atoms with Crippen molar-refractivity contribution in [3.63, 3.8) is 0 Å². The smallest absolute Gasteiger partial charge is 0.324 e. The van der Waals surface area contributed by atoms with Gasteiger partial charge < -0.3 is 33.2 Å². The summed E-state index contributed by atoms with van der Waals surface area (Å²) in [5.74, 6) is -1.09. The second-order valence-corrected chi connectivity index (χ2v) is 19.0. The summed E-state index contributed by atoms with van der Waals surface area (Å²) >= 11 is 0. The summed E-state index contributed by atoms with van der Waals surface area (Å²) in [7, 11) is 0. The van der Waals surface area contributed by atoms with Crippen molar-refractivity contribution in [2.45, 2.75) is 125 Å². The molecule has 60 heavy (non-hydrogen) atoms. The first kappa shape index (κ1) is 52.7. The molecule has 0 aliphatic carbocycles. The van der Waals surface area contributed by atoms with Crippen LogP contribution in [0.25, 0.3) is 0 Å². The highest BCUT2D eigenvalue weighted by Gasteiger charge is 2.33. The van der Waals surface area contributed by atoms with Gasteiger partial charge in [0.15, 0.2) is 0 Å². The molecule has 0 spiro atoms. The van der Waals surface area contributed by atoms with E-state index >= 15 is 0 Å². The molecule has 1 saturated heterocycles. The van der Waals surface area contributed by atoms with Gasteiger partial charge in [0.05, 0.1) is 39.5 Å². The fourth-order valence-electron chi connectivity index (χ4n) is 6.15.